The highest BCUT2D eigenvalue weighted by Gasteiger charge is 2.27. The van der Waals surface area contributed by atoms with Crippen LogP contribution >= 0.6 is 0 Å². The molecule has 2 saturated carbocycles. The summed E-state index contributed by atoms with van der Waals surface area (Å²) in [4.78, 5) is 0. The summed E-state index contributed by atoms with van der Waals surface area (Å²) in [7, 11) is 0. The summed E-state index contributed by atoms with van der Waals surface area (Å²) in [5.41, 5.74) is 2.70. The highest BCUT2D eigenvalue weighted by atomic mass is 19.2. The second-order valence-electron chi connectivity index (χ2n) is 12.2. The number of phenolic OH excluding ortho intramolecular Hbond substituents is 1. The molecular weight excluding hydrogens is 540 g/mol. The first kappa shape index (κ1) is 35.9. The molecule has 2 aromatic carbocycles. The van der Waals surface area contributed by atoms with Crippen LogP contribution in [-0.2, 0) is 12.8 Å². The van der Waals surface area contributed by atoms with E-state index in [0.29, 0.717) is 24.3 Å². The van der Waals surface area contributed by atoms with Gasteiger partial charge in [-0.2, -0.15) is 4.39 Å². The van der Waals surface area contributed by atoms with Gasteiger partial charge in [0.25, 0.3) is 0 Å². The van der Waals surface area contributed by atoms with Crippen LogP contribution in [0.25, 0.3) is 0 Å². The van der Waals surface area contributed by atoms with Gasteiger partial charge in [-0.15, -0.1) is 6.58 Å². The maximum Gasteiger partial charge on any atom is 0.200 e. The van der Waals surface area contributed by atoms with E-state index < -0.39 is 29.7 Å². The molecule has 0 saturated heterocycles. The predicted octanol–water partition coefficient (Wildman–Crippen LogP) is 10.3. The maximum atomic E-state index is 13.8. The van der Waals surface area contributed by atoms with Crippen molar-refractivity contribution in [2.45, 2.75) is 129 Å². The average Bonchev–Trinajstić information content (AvgIpc) is 2.97. The van der Waals surface area contributed by atoms with Crippen molar-refractivity contribution in [3.63, 3.8) is 0 Å². The van der Waals surface area contributed by atoms with Gasteiger partial charge in [-0.3, -0.25) is 0 Å². The average molecular weight is 593 g/mol. The Hall–Kier alpha value is -2.34. The van der Waals surface area contributed by atoms with Gasteiger partial charge in [0, 0.05) is 6.42 Å². The standard InChI is InChI=1S/C15H19F3O.C13H17F.C8H16O/c1-9(16)8-10-2-4-11(5-3-10)12-6-7-13(19)15(18)14(12)17;1-3-4-5-12-6-8-13(9-7-12)10-11(2)14;1-2-7-3-5-8(9)6-4-7/h6-7,9-11,19H,2-5,8H2,1H3;3,6-9,11H,1,4-5,10H2,2H3;7-9H,2-6H2,1H3. The van der Waals surface area contributed by atoms with Crippen LogP contribution in [0, 0.1) is 23.5 Å². The second kappa shape index (κ2) is 19.0. The Morgan fingerprint density at radius 1 is 0.810 bits per heavy atom. The van der Waals surface area contributed by atoms with Gasteiger partial charge in [0.1, 0.15) is 6.17 Å². The lowest BCUT2D eigenvalue weighted by Crippen LogP contribution is -2.17. The van der Waals surface area contributed by atoms with E-state index >= 15 is 0 Å². The molecule has 0 radical (unpaired) electrons. The van der Waals surface area contributed by atoms with E-state index in [-0.39, 0.29) is 12.0 Å². The molecule has 0 heterocycles. The highest BCUT2D eigenvalue weighted by molar-refractivity contribution is 5.32. The van der Waals surface area contributed by atoms with Crippen molar-refractivity contribution in [2.75, 3.05) is 0 Å². The number of aryl methyl sites for hydroxylation is 1. The molecule has 0 aliphatic heterocycles. The van der Waals surface area contributed by atoms with Gasteiger partial charge in [0.2, 0.25) is 5.82 Å². The summed E-state index contributed by atoms with van der Waals surface area (Å²) in [6.45, 7) is 9.07. The molecule has 6 heteroatoms. The highest BCUT2D eigenvalue weighted by Crippen LogP contribution is 2.40. The van der Waals surface area contributed by atoms with E-state index in [4.69, 9.17) is 10.2 Å². The van der Waals surface area contributed by atoms with Gasteiger partial charge < -0.3 is 10.2 Å². The summed E-state index contributed by atoms with van der Waals surface area (Å²) in [6.07, 6.45) is 12.5. The fourth-order valence-electron chi connectivity index (χ4n) is 6.03. The fourth-order valence-corrected chi connectivity index (χ4v) is 6.03. The van der Waals surface area contributed by atoms with E-state index in [1.807, 2.05) is 18.2 Å². The van der Waals surface area contributed by atoms with Gasteiger partial charge in [-0.1, -0.05) is 49.8 Å². The number of hydrogen-bond acceptors (Lipinski definition) is 2. The zero-order chi connectivity index (χ0) is 31.1. The van der Waals surface area contributed by atoms with Crippen molar-refractivity contribution in [1.82, 2.24) is 0 Å². The number of aliphatic hydroxyl groups excluding tert-OH is 1. The number of benzene rings is 2. The van der Waals surface area contributed by atoms with Crippen LogP contribution in [0.1, 0.15) is 114 Å². The van der Waals surface area contributed by atoms with Gasteiger partial charge in [0.15, 0.2) is 11.6 Å². The van der Waals surface area contributed by atoms with Crippen molar-refractivity contribution in [2.24, 2.45) is 11.8 Å². The smallest absolute Gasteiger partial charge is 0.200 e. The third-order valence-electron chi connectivity index (χ3n) is 8.61. The molecular formula is C36H52F4O2. The number of aliphatic hydroxyl groups is 1. The monoisotopic (exact) mass is 592 g/mol. The molecule has 4 rings (SSSR count). The lowest BCUT2D eigenvalue weighted by molar-refractivity contribution is 0.108. The van der Waals surface area contributed by atoms with Crippen molar-refractivity contribution >= 4 is 0 Å². The van der Waals surface area contributed by atoms with Gasteiger partial charge in [-0.05, 0) is 125 Å². The number of rotatable bonds is 9. The van der Waals surface area contributed by atoms with Gasteiger partial charge >= 0.3 is 0 Å². The molecule has 2 nitrogen and oxygen atoms in total. The van der Waals surface area contributed by atoms with E-state index in [1.165, 1.54) is 37.0 Å². The predicted molar refractivity (Wildman–Crippen MR) is 165 cm³/mol. The van der Waals surface area contributed by atoms with Crippen molar-refractivity contribution in [3.05, 3.63) is 77.4 Å². The van der Waals surface area contributed by atoms with Crippen LogP contribution in [0.15, 0.2) is 49.1 Å². The number of alkyl halides is 2. The summed E-state index contributed by atoms with van der Waals surface area (Å²) in [6, 6.07) is 10.8. The van der Waals surface area contributed by atoms with Crippen LogP contribution in [0.2, 0.25) is 0 Å². The lowest BCUT2D eigenvalue weighted by atomic mass is 9.77. The van der Waals surface area contributed by atoms with Crippen molar-refractivity contribution < 1.29 is 27.8 Å². The number of phenols is 1. The molecule has 0 aromatic heterocycles. The SMILES string of the molecule is C=CCCc1ccc(CC(C)F)cc1.CC(F)CC1CCC(c2ccc(O)c(F)c2F)CC1.CCC1CCC(O)CC1. The van der Waals surface area contributed by atoms with E-state index in [1.54, 1.807) is 13.8 Å². The first-order valence-electron chi connectivity index (χ1n) is 15.9. The van der Waals surface area contributed by atoms with Crippen LogP contribution in [0.5, 0.6) is 5.75 Å². The number of hydrogen-bond donors (Lipinski definition) is 2. The fraction of sp³-hybridized carbons (Fsp3) is 0.611. The van der Waals surface area contributed by atoms with Crippen LogP contribution in [0.4, 0.5) is 17.6 Å². The Bertz CT molecular complexity index is 1020. The Morgan fingerprint density at radius 3 is 1.90 bits per heavy atom. The summed E-state index contributed by atoms with van der Waals surface area (Å²) in [5.74, 6) is -1.53. The maximum absolute atomic E-state index is 13.8. The van der Waals surface area contributed by atoms with Crippen LogP contribution in [-0.4, -0.2) is 28.7 Å². The van der Waals surface area contributed by atoms with E-state index in [0.717, 1.165) is 62.8 Å². The molecule has 2 aromatic rings. The van der Waals surface area contributed by atoms with E-state index in [2.05, 4.69) is 25.6 Å². The van der Waals surface area contributed by atoms with Crippen molar-refractivity contribution in [1.29, 1.82) is 0 Å². The summed E-state index contributed by atoms with van der Waals surface area (Å²) in [5, 5.41) is 18.2. The van der Waals surface area contributed by atoms with E-state index in [9.17, 15) is 17.6 Å². The topological polar surface area (TPSA) is 40.5 Å². The zero-order valence-corrected chi connectivity index (χ0v) is 25.8. The molecule has 2 unspecified atom stereocenters. The second-order valence-corrected chi connectivity index (χ2v) is 12.2. The number of allylic oxidation sites excluding steroid dienone is 1. The largest absolute Gasteiger partial charge is 0.505 e. The third kappa shape index (κ3) is 12.9. The quantitative estimate of drug-likeness (QED) is 0.225. The first-order chi connectivity index (χ1) is 20.0. The molecule has 2 aliphatic rings. The molecule has 2 aliphatic carbocycles. The molecule has 236 valence electrons. The third-order valence-corrected chi connectivity index (χ3v) is 8.61. The Kier molecular flexibility index (Phi) is 16.3. The summed E-state index contributed by atoms with van der Waals surface area (Å²) < 4.78 is 52.7. The van der Waals surface area contributed by atoms with Gasteiger partial charge in [-0.25, -0.2) is 13.2 Å². The minimum Gasteiger partial charge on any atom is -0.505 e. The number of halogens is 4. The Balaban J connectivity index is 0.000000235. The molecule has 42 heavy (non-hydrogen) atoms. The molecule has 2 fully saturated rings. The minimum absolute atomic E-state index is 0.0211. The van der Waals surface area contributed by atoms with Gasteiger partial charge in [0.05, 0.1) is 12.3 Å². The zero-order valence-electron chi connectivity index (χ0n) is 25.8. The Morgan fingerprint density at radius 2 is 1.38 bits per heavy atom. The Labute approximate surface area is 251 Å². The molecule has 0 amide bonds. The minimum atomic E-state index is -1.17. The molecule has 0 spiro atoms. The molecule has 0 bridgehead atoms. The molecule has 2 atom stereocenters. The molecule has 2 N–H and O–H groups in total. The van der Waals surface area contributed by atoms with Crippen LogP contribution < -0.4 is 0 Å². The normalized spacial score (nSPS) is 23.4. The van der Waals surface area contributed by atoms with Crippen LogP contribution in [0.3, 0.4) is 0 Å². The summed E-state index contributed by atoms with van der Waals surface area (Å²) >= 11 is 0. The first-order valence-corrected chi connectivity index (χ1v) is 15.9. The number of aromatic hydroxyl groups is 1. The lowest BCUT2D eigenvalue weighted by Gasteiger charge is -2.29. The van der Waals surface area contributed by atoms with Crippen molar-refractivity contribution in [3.8, 4) is 5.75 Å².